The summed E-state index contributed by atoms with van der Waals surface area (Å²) in [6.07, 6.45) is -9.14. The van der Waals surface area contributed by atoms with Crippen molar-refractivity contribution in [1.29, 1.82) is 0 Å². The number of benzene rings is 2. The van der Waals surface area contributed by atoms with Crippen LogP contribution in [-0.2, 0) is 12.6 Å². The third-order valence-corrected chi connectivity index (χ3v) is 7.11. The first-order chi connectivity index (χ1) is 20.8. The largest absolute Gasteiger partial charge is 0.586 e. The Balaban J connectivity index is 1.37. The maximum Gasteiger partial charge on any atom is 0.586 e. The van der Waals surface area contributed by atoms with Crippen molar-refractivity contribution in [1.82, 2.24) is 14.8 Å². The van der Waals surface area contributed by atoms with Gasteiger partial charge in [0.05, 0.1) is 17.6 Å². The molecule has 0 saturated heterocycles. The number of halogens is 6. The Morgan fingerprint density at radius 3 is 2.61 bits per heavy atom. The fourth-order valence-corrected chi connectivity index (χ4v) is 5.17. The van der Waals surface area contributed by atoms with Gasteiger partial charge in [-0.25, -0.2) is 14.5 Å². The van der Waals surface area contributed by atoms with Crippen LogP contribution in [0.5, 0.6) is 23.0 Å². The molecule has 0 unspecified atom stereocenters. The second-order valence-electron chi connectivity index (χ2n) is 10.0. The highest BCUT2D eigenvalue weighted by molar-refractivity contribution is 5.90. The van der Waals surface area contributed by atoms with Gasteiger partial charge in [0.25, 0.3) is 5.95 Å². The van der Waals surface area contributed by atoms with Crippen LogP contribution in [0.15, 0.2) is 54.7 Å². The summed E-state index contributed by atoms with van der Waals surface area (Å²) >= 11 is 0. The summed E-state index contributed by atoms with van der Waals surface area (Å²) < 4.78 is 105. The van der Waals surface area contributed by atoms with Crippen LogP contribution in [0.4, 0.5) is 26.3 Å². The summed E-state index contributed by atoms with van der Waals surface area (Å²) in [5.74, 6) is -3.33. The van der Waals surface area contributed by atoms with Crippen LogP contribution >= 0.6 is 0 Å². The van der Waals surface area contributed by atoms with E-state index in [-0.39, 0.29) is 52.6 Å². The number of para-hydroxylation sites is 1. The summed E-state index contributed by atoms with van der Waals surface area (Å²) in [5.41, 5.74) is -1.26. The molecule has 2 atom stereocenters. The number of hydrogen-bond acceptors (Lipinski definition) is 7. The molecule has 15 heteroatoms. The molecule has 2 aromatic carbocycles. The van der Waals surface area contributed by atoms with E-state index in [4.69, 9.17) is 9.47 Å². The lowest BCUT2D eigenvalue weighted by Gasteiger charge is -2.26. The highest BCUT2D eigenvalue weighted by Crippen LogP contribution is 2.44. The number of nitrogens with zero attached hydrogens (tertiary/aromatic N) is 3. The minimum Gasteiger partial charge on any atom is -0.483 e. The molecule has 6 rings (SSSR count). The number of carbonyl (C=O) groups is 1. The third kappa shape index (κ3) is 5.44. The minimum absolute atomic E-state index is 0.00729. The highest BCUT2D eigenvalue weighted by atomic mass is 19.4. The molecule has 9 nitrogen and oxygen atoms in total. The molecular weight excluding hydrogens is 600 g/mol. The zero-order valence-corrected chi connectivity index (χ0v) is 22.6. The summed E-state index contributed by atoms with van der Waals surface area (Å²) in [5, 5.41) is 13.4. The van der Waals surface area contributed by atoms with Gasteiger partial charge in [-0.1, -0.05) is 18.2 Å². The van der Waals surface area contributed by atoms with Gasteiger partial charge in [-0.05, 0) is 56.0 Å². The molecule has 3 heterocycles. The molecule has 0 radical (unpaired) electrons. The SMILES string of the molecule is C[C@H](Oc1cc(-n2nc(C(F)(F)F)c3c2[C@@H](Oc2ccccc2C(=O)O)CCC3)cnc1F)c1ccc2c(c1)OC(F)(F)O2. The Labute approximate surface area is 244 Å². The summed E-state index contributed by atoms with van der Waals surface area (Å²) in [7, 11) is 0. The second kappa shape index (κ2) is 10.6. The number of aromatic carboxylic acids is 1. The van der Waals surface area contributed by atoms with E-state index < -0.39 is 48.0 Å². The van der Waals surface area contributed by atoms with Gasteiger partial charge in [0.2, 0.25) is 0 Å². The molecular formula is C29H21F6N3O6. The third-order valence-electron chi connectivity index (χ3n) is 7.11. The smallest absolute Gasteiger partial charge is 0.483 e. The predicted molar refractivity (Wildman–Crippen MR) is 138 cm³/mol. The van der Waals surface area contributed by atoms with E-state index in [0.717, 1.165) is 16.9 Å². The summed E-state index contributed by atoms with van der Waals surface area (Å²) in [6, 6.07) is 10.7. The lowest BCUT2D eigenvalue weighted by Crippen LogP contribution is -2.25. The van der Waals surface area contributed by atoms with E-state index in [1.165, 1.54) is 49.4 Å². The lowest BCUT2D eigenvalue weighted by molar-refractivity contribution is -0.286. The molecule has 0 amide bonds. The molecule has 1 N–H and O–H groups in total. The first-order valence-corrected chi connectivity index (χ1v) is 13.2. The van der Waals surface area contributed by atoms with E-state index >= 15 is 0 Å². The Kier molecular flexibility index (Phi) is 7.05. The van der Waals surface area contributed by atoms with Crippen molar-refractivity contribution in [3.63, 3.8) is 0 Å². The van der Waals surface area contributed by atoms with Crippen molar-refractivity contribution in [3.8, 4) is 28.7 Å². The molecule has 0 fully saturated rings. The molecule has 1 aliphatic carbocycles. The second-order valence-corrected chi connectivity index (χ2v) is 10.0. The van der Waals surface area contributed by atoms with E-state index in [0.29, 0.717) is 12.0 Å². The number of aromatic nitrogens is 3. The van der Waals surface area contributed by atoms with Crippen LogP contribution in [0.2, 0.25) is 0 Å². The molecule has 0 saturated carbocycles. The zero-order chi connectivity index (χ0) is 31.4. The maximum absolute atomic E-state index is 14.8. The summed E-state index contributed by atoms with van der Waals surface area (Å²) in [4.78, 5) is 15.4. The highest BCUT2D eigenvalue weighted by Gasteiger charge is 2.44. The topological polar surface area (TPSA) is 105 Å². The standard InChI is InChI=1S/C29H21F6N3O6/c1-14(15-9-10-20-22(11-15)44-29(34,35)43-20)41-23-12-16(13-36-26(23)30)38-24-18(25(37-38)28(31,32)33)6-4-8-21(24)42-19-7-3-2-5-17(19)27(39)40/h2-3,5,7,9-14,21H,4,6,8H2,1H3,(H,39,40)/t14-,21-/m0/s1. The van der Waals surface area contributed by atoms with E-state index in [2.05, 4.69) is 19.6 Å². The minimum atomic E-state index is -4.84. The number of pyridine rings is 1. The van der Waals surface area contributed by atoms with Crippen LogP contribution in [0.1, 0.15) is 64.8 Å². The van der Waals surface area contributed by atoms with Crippen molar-refractivity contribution in [2.45, 2.75) is 50.9 Å². The number of carboxylic acid groups (broad SMARTS) is 1. The van der Waals surface area contributed by atoms with Crippen molar-refractivity contribution in [2.75, 3.05) is 0 Å². The Morgan fingerprint density at radius 2 is 1.86 bits per heavy atom. The number of hydrogen-bond donors (Lipinski definition) is 1. The molecule has 0 spiro atoms. The van der Waals surface area contributed by atoms with E-state index in [1.807, 2.05) is 0 Å². The Morgan fingerprint density at radius 1 is 1.11 bits per heavy atom. The van der Waals surface area contributed by atoms with Gasteiger partial charge >= 0.3 is 18.4 Å². The van der Waals surface area contributed by atoms with Gasteiger partial charge < -0.3 is 24.1 Å². The fourth-order valence-electron chi connectivity index (χ4n) is 5.17. The van der Waals surface area contributed by atoms with Crippen LogP contribution in [0.25, 0.3) is 5.69 Å². The van der Waals surface area contributed by atoms with Crippen molar-refractivity contribution in [3.05, 3.63) is 88.8 Å². The van der Waals surface area contributed by atoms with E-state index in [1.54, 1.807) is 0 Å². The quantitative estimate of drug-likeness (QED) is 0.173. The van der Waals surface area contributed by atoms with Gasteiger partial charge in [0.1, 0.15) is 23.5 Å². The van der Waals surface area contributed by atoms with Crippen LogP contribution in [0.3, 0.4) is 0 Å². The monoisotopic (exact) mass is 621 g/mol. The molecule has 4 aromatic rings. The van der Waals surface area contributed by atoms with Crippen LogP contribution < -0.4 is 18.9 Å². The number of ether oxygens (including phenoxy) is 4. The van der Waals surface area contributed by atoms with Gasteiger partial charge in [0, 0.05) is 11.6 Å². The zero-order valence-electron chi connectivity index (χ0n) is 22.6. The van der Waals surface area contributed by atoms with Crippen molar-refractivity contribution < 1.29 is 55.2 Å². The van der Waals surface area contributed by atoms with Gasteiger partial charge in [-0.2, -0.15) is 22.7 Å². The molecule has 0 bridgehead atoms. The van der Waals surface area contributed by atoms with Crippen LogP contribution in [-0.4, -0.2) is 32.1 Å². The average Bonchev–Trinajstić information content (AvgIpc) is 3.51. The Bertz CT molecular complexity index is 1760. The first-order valence-electron chi connectivity index (χ1n) is 13.2. The lowest BCUT2D eigenvalue weighted by atomic mass is 9.92. The van der Waals surface area contributed by atoms with Gasteiger partial charge in [-0.15, -0.1) is 8.78 Å². The number of alkyl halides is 5. The van der Waals surface area contributed by atoms with Crippen molar-refractivity contribution in [2.24, 2.45) is 0 Å². The molecule has 44 heavy (non-hydrogen) atoms. The molecule has 2 aromatic heterocycles. The first kappa shape index (κ1) is 29.1. The fraction of sp³-hybridized carbons (Fsp3) is 0.276. The van der Waals surface area contributed by atoms with Crippen LogP contribution in [0, 0.1) is 5.95 Å². The summed E-state index contributed by atoms with van der Waals surface area (Å²) in [6.45, 7) is 1.49. The molecule has 230 valence electrons. The number of rotatable bonds is 7. The number of carboxylic acids is 1. The van der Waals surface area contributed by atoms with Gasteiger partial charge in [-0.3, -0.25) is 0 Å². The predicted octanol–water partition coefficient (Wildman–Crippen LogP) is 7.04. The van der Waals surface area contributed by atoms with Crippen molar-refractivity contribution >= 4 is 5.97 Å². The van der Waals surface area contributed by atoms with Gasteiger partial charge in [0.15, 0.2) is 22.9 Å². The normalized spacial score (nSPS) is 17.6. The molecule has 1 aliphatic heterocycles. The molecule has 2 aliphatic rings. The maximum atomic E-state index is 14.8. The average molecular weight is 621 g/mol. The van der Waals surface area contributed by atoms with E-state index in [9.17, 15) is 36.2 Å². The Hall–Kier alpha value is -4.95. The number of fused-ring (bicyclic) bond motifs is 2.